The molecule has 10 heteroatoms. The Bertz CT molecular complexity index is 1410. The first kappa shape index (κ1) is 27.6. The van der Waals surface area contributed by atoms with E-state index in [9.17, 15) is 18.0 Å². The van der Waals surface area contributed by atoms with E-state index in [4.69, 9.17) is 4.74 Å². The molecule has 0 bridgehead atoms. The van der Waals surface area contributed by atoms with Gasteiger partial charge in [0.2, 0.25) is 0 Å². The predicted octanol–water partition coefficient (Wildman–Crippen LogP) is 7.27. The van der Waals surface area contributed by atoms with Gasteiger partial charge in [0.15, 0.2) is 5.69 Å². The highest BCUT2D eigenvalue weighted by atomic mass is 19.4. The summed E-state index contributed by atoms with van der Waals surface area (Å²) in [5, 5.41) is 13.0. The molecule has 1 amide bonds. The predicted molar refractivity (Wildman–Crippen MR) is 145 cm³/mol. The summed E-state index contributed by atoms with van der Waals surface area (Å²) in [6, 6.07) is 25.0. The standard InChI is InChI=1S/C29H30F3N5O2/c1-28(2,3)39-27(38)34-18-20-9-7-14-24(15-20)37-25(17-26(36-37)29(30,31)32)19-33-22-12-8-13-23(16-22)35-21-10-5-4-6-11-21/h4-17,33,35H,18-19H2,1-3H3,(H,34,38). The first-order valence-corrected chi connectivity index (χ1v) is 12.3. The molecule has 4 rings (SSSR count). The number of alkyl carbamates (subject to hydrolysis) is 1. The third-order valence-corrected chi connectivity index (χ3v) is 5.46. The van der Waals surface area contributed by atoms with Crippen LogP contribution in [-0.4, -0.2) is 21.5 Å². The van der Waals surface area contributed by atoms with Crippen molar-refractivity contribution < 1.29 is 22.7 Å². The lowest BCUT2D eigenvalue weighted by atomic mass is 10.2. The number of alkyl halides is 3. The number of nitrogens with zero attached hydrogens (tertiary/aromatic N) is 2. The molecule has 0 unspecified atom stereocenters. The largest absolute Gasteiger partial charge is 0.444 e. The van der Waals surface area contributed by atoms with Crippen LogP contribution >= 0.6 is 0 Å². The van der Waals surface area contributed by atoms with E-state index in [-0.39, 0.29) is 13.1 Å². The molecule has 0 saturated carbocycles. The summed E-state index contributed by atoms with van der Waals surface area (Å²) >= 11 is 0. The number of hydrogen-bond acceptors (Lipinski definition) is 5. The molecular formula is C29H30F3N5O2. The van der Waals surface area contributed by atoms with Crippen LogP contribution in [0.15, 0.2) is 84.9 Å². The minimum Gasteiger partial charge on any atom is -0.444 e. The number of halogens is 3. The third-order valence-electron chi connectivity index (χ3n) is 5.46. The number of amides is 1. The fraction of sp³-hybridized carbons (Fsp3) is 0.241. The van der Waals surface area contributed by atoms with Gasteiger partial charge in [-0.05, 0) is 74.9 Å². The molecule has 0 aliphatic carbocycles. The number of carbonyl (C=O) groups is 1. The first-order chi connectivity index (χ1) is 18.5. The molecule has 3 N–H and O–H groups in total. The van der Waals surface area contributed by atoms with Crippen LogP contribution in [0.4, 0.5) is 35.0 Å². The molecule has 39 heavy (non-hydrogen) atoms. The SMILES string of the molecule is CC(C)(C)OC(=O)NCc1cccc(-n2nc(C(F)(F)F)cc2CNc2cccc(Nc3ccccc3)c2)c1. The summed E-state index contributed by atoms with van der Waals surface area (Å²) in [6.07, 6.45) is -5.18. The van der Waals surface area contributed by atoms with E-state index in [2.05, 4.69) is 21.0 Å². The molecule has 0 radical (unpaired) electrons. The summed E-state index contributed by atoms with van der Waals surface area (Å²) in [5.41, 5.74) is 2.29. The quantitative estimate of drug-likeness (QED) is 0.220. The minimum atomic E-state index is -4.60. The molecule has 0 fully saturated rings. The Labute approximate surface area is 225 Å². The first-order valence-electron chi connectivity index (χ1n) is 12.3. The smallest absolute Gasteiger partial charge is 0.435 e. The zero-order valence-corrected chi connectivity index (χ0v) is 21.8. The van der Waals surface area contributed by atoms with Crippen molar-refractivity contribution in [1.29, 1.82) is 0 Å². The van der Waals surface area contributed by atoms with E-state index in [0.717, 1.165) is 23.1 Å². The Morgan fingerprint density at radius 2 is 1.54 bits per heavy atom. The fourth-order valence-corrected chi connectivity index (χ4v) is 3.78. The maximum atomic E-state index is 13.6. The van der Waals surface area contributed by atoms with Crippen LogP contribution in [0.2, 0.25) is 0 Å². The van der Waals surface area contributed by atoms with Gasteiger partial charge in [-0.2, -0.15) is 18.3 Å². The molecule has 7 nitrogen and oxygen atoms in total. The second-order valence-electron chi connectivity index (χ2n) is 9.88. The normalized spacial score (nSPS) is 11.6. The van der Waals surface area contributed by atoms with Gasteiger partial charge in [-0.1, -0.05) is 36.4 Å². The van der Waals surface area contributed by atoms with Gasteiger partial charge in [0, 0.05) is 23.6 Å². The zero-order valence-electron chi connectivity index (χ0n) is 21.8. The lowest BCUT2D eigenvalue weighted by Crippen LogP contribution is -2.32. The highest BCUT2D eigenvalue weighted by molar-refractivity contribution is 5.67. The summed E-state index contributed by atoms with van der Waals surface area (Å²) in [4.78, 5) is 12.0. The number of rotatable bonds is 8. The molecule has 0 spiro atoms. The van der Waals surface area contributed by atoms with Crippen molar-refractivity contribution in [1.82, 2.24) is 15.1 Å². The number of ether oxygens (including phenoxy) is 1. The molecule has 3 aromatic carbocycles. The Hall–Kier alpha value is -4.47. The van der Waals surface area contributed by atoms with Crippen molar-refractivity contribution in [3.8, 4) is 5.69 Å². The van der Waals surface area contributed by atoms with Crippen LogP contribution in [0.3, 0.4) is 0 Å². The van der Waals surface area contributed by atoms with Crippen molar-refractivity contribution in [3.05, 3.63) is 102 Å². The van der Waals surface area contributed by atoms with E-state index < -0.39 is 23.6 Å². The van der Waals surface area contributed by atoms with Gasteiger partial charge in [0.05, 0.1) is 17.9 Å². The molecule has 1 heterocycles. The summed E-state index contributed by atoms with van der Waals surface area (Å²) in [5.74, 6) is 0. The monoisotopic (exact) mass is 537 g/mol. The van der Waals surface area contributed by atoms with E-state index >= 15 is 0 Å². The maximum absolute atomic E-state index is 13.6. The average molecular weight is 538 g/mol. The lowest BCUT2D eigenvalue weighted by molar-refractivity contribution is -0.141. The number of para-hydroxylation sites is 1. The van der Waals surface area contributed by atoms with Crippen molar-refractivity contribution in [2.45, 2.75) is 45.6 Å². The lowest BCUT2D eigenvalue weighted by Gasteiger charge is -2.19. The molecule has 204 valence electrons. The van der Waals surface area contributed by atoms with E-state index in [0.29, 0.717) is 16.9 Å². The highest BCUT2D eigenvalue weighted by Crippen LogP contribution is 2.30. The van der Waals surface area contributed by atoms with E-state index in [1.807, 2.05) is 54.6 Å². The molecule has 0 saturated heterocycles. The topological polar surface area (TPSA) is 80.2 Å². The van der Waals surface area contributed by atoms with Crippen LogP contribution in [0.1, 0.15) is 37.7 Å². The van der Waals surface area contributed by atoms with Crippen molar-refractivity contribution in [3.63, 3.8) is 0 Å². The Morgan fingerprint density at radius 1 is 0.846 bits per heavy atom. The molecular weight excluding hydrogens is 507 g/mol. The Balaban J connectivity index is 1.52. The third kappa shape index (κ3) is 8.00. The number of nitrogens with one attached hydrogen (secondary N) is 3. The van der Waals surface area contributed by atoms with Gasteiger partial charge < -0.3 is 20.7 Å². The average Bonchev–Trinajstić information content (AvgIpc) is 3.31. The summed E-state index contributed by atoms with van der Waals surface area (Å²) in [6.45, 7) is 5.52. The van der Waals surface area contributed by atoms with Crippen LogP contribution in [-0.2, 0) is 24.0 Å². The summed E-state index contributed by atoms with van der Waals surface area (Å²) < 4.78 is 47.2. The van der Waals surface area contributed by atoms with Gasteiger partial charge in [0.25, 0.3) is 0 Å². The number of hydrogen-bond donors (Lipinski definition) is 3. The van der Waals surface area contributed by atoms with Gasteiger partial charge in [0.1, 0.15) is 5.60 Å². The molecule has 0 atom stereocenters. The van der Waals surface area contributed by atoms with Crippen LogP contribution in [0, 0.1) is 0 Å². The highest BCUT2D eigenvalue weighted by Gasteiger charge is 2.35. The van der Waals surface area contributed by atoms with Gasteiger partial charge in [-0.25, -0.2) is 9.48 Å². The van der Waals surface area contributed by atoms with E-state index in [1.165, 1.54) is 4.68 Å². The fourth-order valence-electron chi connectivity index (χ4n) is 3.78. The summed E-state index contributed by atoms with van der Waals surface area (Å²) in [7, 11) is 0. The van der Waals surface area contributed by atoms with Crippen LogP contribution in [0.25, 0.3) is 5.69 Å². The van der Waals surface area contributed by atoms with Crippen molar-refractivity contribution in [2.75, 3.05) is 10.6 Å². The number of aromatic nitrogens is 2. The molecule has 0 aliphatic rings. The Morgan fingerprint density at radius 3 is 2.26 bits per heavy atom. The maximum Gasteiger partial charge on any atom is 0.435 e. The van der Waals surface area contributed by atoms with Crippen LogP contribution in [0.5, 0.6) is 0 Å². The minimum absolute atomic E-state index is 0.0955. The van der Waals surface area contributed by atoms with Crippen molar-refractivity contribution in [2.24, 2.45) is 0 Å². The second-order valence-corrected chi connectivity index (χ2v) is 9.88. The van der Waals surface area contributed by atoms with Crippen LogP contribution < -0.4 is 16.0 Å². The number of anilines is 3. The van der Waals surface area contributed by atoms with Crippen molar-refractivity contribution >= 4 is 23.2 Å². The number of carbonyl (C=O) groups excluding carboxylic acids is 1. The van der Waals surface area contributed by atoms with Gasteiger partial charge in [-0.3, -0.25) is 0 Å². The molecule has 0 aliphatic heterocycles. The molecule has 4 aromatic rings. The second kappa shape index (κ2) is 11.5. The van der Waals surface area contributed by atoms with E-state index in [1.54, 1.807) is 45.0 Å². The Kier molecular flexibility index (Phi) is 8.13. The zero-order chi connectivity index (χ0) is 28.0. The molecule has 1 aromatic heterocycles. The number of benzene rings is 3. The van der Waals surface area contributed by atoms with Gasteiger partial charge in [-0.15, -0.1) is 0 Å². The van der Waals surface area contributed by atoms with Gasteiger partial charge >= 0.3 is 12.3 Å².